The third-order valence-corrected chi connectivity index (χ3v) is 1.93. The second-order valence-electron chi connectivity index (χ2n) is 2.77. The normalized spacial score (nSPS) is 9.00. The van der Waals surface area contributed by atoms with Gasteiger partial charge in [-0.25, -0.2) is 0 Å². The molecule has 0 aliphatic carbocycles. The van der Waals surface area contributed by atoms with Crippen LogP contribution in [-0.4, -0.2) is 7.11 Å². The molecule has 0 saturated carbocycles. The molecule has 0 N–H and O–H groups in total. The summed E-state index contributed by atoms with van der Waals surface area (Å²) in [5, 5.41) is 8.78. The van der Waals surface area contributed by atoms with Crippen LogP contribution in [0.5, 0.6) is 0 Å². The maximum Gasteiger partial charge on any atom is 0.118 e. The Morgan fingerprint density at radius 3 is 2.77 bits per heavy atom. The molecule has 0 saturated heterocycles. The average Bonchev–Trinajstić information content (AvgIpc) is 2.17. The number of rotatable bonds is 2. The number of ether oxygens (including phenoxy) is 1. The highest BCUT2D eigenvalue weighted by Crippen LogP contribution is 2.16. The Hall–Kier alpha value is -1.75. The largest absolute Gasteiger partial charge is 0.497 e. The van der Waals surface area contributed by atoms with Crippen molar-refractivity contribution in [3.63, 3.8) is 0 Å². The molecule has 0 aliphatic rings. The summed E-state index contributed by atoms with van der Waals surface area (Å²) in [7, 11) is 1.56. The topological polar surface area (TPSA) is 33.0 Å². The number of nitriles is 1. The van der Waals surface area contributed by atoms with Crippen LogP contribution < -0.4 is 0 Å². The zero-order chi connectivity index (χ0) is 9.84. The molecule has 1 aromatic carbocycles. The monoisotopic (exact) mass is 173 g/mol. The first-order valence-electron chi connectivity index (χ1n) is 3.93. The summed E-state index contributed by atoms with van der Waals surface area (Å²) in [6.45, 7) is 5.62. The zero-order valence-electron chi connectivity index (χ0n) is 7.79. The summed E-state index contributed by atoms with van der Waals surface area (Å²) >= 11 is 0. The second-order valence-corrected chi connectivity index (χ2v) is 2.77. The van der Waals surface area contributed by atoms with Crippen LogP contribution in [0.15, 0.2) is 24.8 Å². The van der Waals surface area contributed by atoms with E-state index in [0.717, 1.165) is 11.1 Å². The molecule has 1 aromatic rings. The van der Waals surface area contributed by atoms with E-state index >= 15 is 0 Å². The van der Waals surface area contributed by atoms with Crippen molar-refractivity contribution in [2.75, 3.05) is 7.11 Å². The lowest BCUT2D eigenvalue weighted by molar-refractivity contribution is 0.371. The fourth-order valence-electron chi connectivity index (χ4n) is 1.03. The van der Waals surface area contributed by atoms with Crippen molar-refractivity contribution in [1.82, 2.24) is 0 Å². The lowest BCUT2D eigenvalue weighted by Crippen LogP contribution is -1.89. The van der Waals surface area contributed by atoms with Crippen LogP contribution in [0.4, 0.5) is 0 Å². The fourth-order valence-corrected chi connectivity index (χ4v) is 1.03. The van der Waals surface area contributed by atoms with Crippen molar-refractivity contribution in [2.24, 2.45) is 0 Å². The van der Waals surface area contributed by atoms with Gasteiger partial charge < -0.3 is 4.74 Å². The third-order valence-electron chi connectivity index (χ3n) is 1.93. The van der Waals surface area contributed by atoms with Crippen molar-refractivity contribution >= 4 is 5.76 Å². The Morgan fingerprint density at radius 2 is 2.23 bits per heavy atom. The van der Waals surface area contributed by atoms with Crippen molar-refractivity contribution in [2.45, 2.75) is 6.92 Å². The second kappa shape index (κ2) is 3.77. The minimum absolute atomic E-state index is 0.580. The van der Waals surface area contributed by atoms with E-state index in [-0.39, 0.29) is 0 Å². The molecule has 0 radical (unpaired) electrons. The Bertz CT molecular complexity index is 374. The van der Waals surface area contributed by atoms with Gasteiger partial charge >= 0.3 is 0 Å². The summed E-state index contributed by atoms with van der Waals surface area (Å²) < 4.78 is 4.97. The van der Waals surface area contributed by atoms with Crippen LogP contribution in [-0.2, 0) is 4.74 Å². The van der Waals surface area contributed by atoms with Gasteiger partial charge in [0.2, 0.25) is 0 Å². The Kier molecular flexibility index (Phi) is 2.71. The van der Waals surface area contributed by atoms with Gasteiger partial charge in [-0.05, 0) is 18.6 Å². The predicted octanol–water partition coefficient (Wildman–Crippen LogP) is 2.48. The van der Waals surface area contributed by atoms with E-state index in [0.29, 0.717) is 11.3 Å². The molecule has 0 spiro atoms. The average molecular weight is 173 g/mol. The van der Waals surface area contributed by atoms with E-state index in [1.807, 2.05) is 19.1 Å². The number of aryl methyl sites for hydroxylation is 1. The molecule has 66 valence electrons. The molecule has 0 aromatic heterocycles. The molecule has 0 bridgehead atoms. The molecule has 0 atom stereocenters. The highest BCUT2D eigenvalue weighted by molar-refractivity contribution is 5.60. The first-order chi connectivity index (χ1) is 6.19. The molecular formula is C11H11NO. The molecule has 0 unspecified atom stereocenters. The van der Waals surface area contributed by atoms with Crippen molar-refractivity contribution in [3.8, 4) is 6.07 Å². The number of methoxy groups -OCH3 is 1. The predicted molar refractivity (Wildman–Crippen MR) is 51.9 cm³/mol. The van der Waals surface area contributed by atoms with Crippen LogP contribution in [0.2, 0.25) is 0 Å². The Balaban J connectivity index is 3.15. The van der Waals surface area contributed by atoms with Gasteiger partial charge in [-0.1, -0.05) is 18.7 Å². The quantitative estimate of drug-likeness (QED) is 0.644. The SMILES string of the molecule is C=C(OC)c1ccc(C)c(C#N)c1. The van der Waals surface area contributed by atoms with Gasteiger partial charge in [0, 0.05) is 5.56 Å². The van der Waals surface area contributed by atoms with E-state index in [1.54, 1.807) is 13.2 Å². The molecule has 0 aliphatic heterocycles. The zero-order valence-corrected chi connectivity index (χ0v) is 7.79. The summed E-state index contributed by atoms with van der Waals surface area (Å²) in [6.07, 6.45) is 0. The summed E-state index contributed by atoms with van der Waals surface area (Å²) in [4.78, 5) is 0. The van der Waals surface area contributed by atoms with Gasteiger partial charge in [0.1, 0.15) is 5.76 Å². The highest BCUT2D eigenvalue weighted by Gasteiger charge is 2.02. The Labute approximate surface area is 78.1 Å². The van der Waals surface area contributed by atoms with Crippen LogP contribution in [0, 0.1) is 18.3 Å². The van der Waals surface area contributed by atoms with Crippen LogP contribution >= 0.6 is 0 Å². The van der Waals surface area contributed by atoms with Crippen LogP contribution in [0.1, 0.15) is 16.7 Å². The van der Waals surface area contributed by atoms with Crippen molar-refractivity contribution in [1.29, 1.82) is 5.26 Å². The molecule has 0 amide bonds. The molecule has 2 nitrogen and oxygen atoms in total. The van der Waals surface area contributed by atoms with Gasteiger partial charge in [0.05, 0.1) is 18.7 Å². The molecule has 0 heterocycles. The summed E-state index contributed by atoms with van der Waals surface area (Å²) in [5.41, 5.74) is 2.48. The van der Waals surface area contributed by atoms with Crippen molar-refractivity contribution < 1.29 is 4.74 Å². The molecular weight excluding hydrogens is 162 g/mol. The first kappa shape index (κ1) is 9.34. The van der Waals surface area contributed by atoms with Crippen molar-refractivity contribution in [3.05, 3.63) is 41.5 Å². The van der Waals surface area contributed by atoms with E-state index in [4.69, 9.17) is 10.00 Å². The number of hydrogen-bond acceptors (Lipinski definition) is 2. The Morgan fingerprint density at radius 1 is 1.54 bits per heavy atom. The molecule has 1 rings (SSSR count). The minimum Gasteiger partial charge on any atom is -0.497 e. The fraction of sp³-hybridized carbons (Fsp3) is 0.182. The summed E-state index contributed by atoms with van der Waals surface area (Å²) in [6, 6.07) is 7.67. The number of benzene rings is 1. The molecule has 2 heteroatoms. The molecule has 13 heavy (non-hydrogen) atoms. The molecule has 0 fully saturated rings. The highest BCUT2D eigenvalue weighted by atomic mass is 16.5. The van der Waals surface area contributed by atoms with Gasteiger partial charge in [0.25, 0.3) is 0 Å². The number of hydrogen-bond donors (Lipinski definition) is 0. The van der Waals surface area contributed by atoms with Gasteiger partial charge in [-0.2, -0.15) is 5.26 Å². The van der Waals surface area contributed by atoms with E-state index in [1.165, 1.54) is 0 Å². The lowest BCUT2D eigenvalue weighted by Gasteiger charge is -2.05. The smallest absolute Gasteiger partial charge is 0.118 e. The van der Waals surface area contributed by atoms with Gasteiger partial charge in [-0.3, -0.25) is 0 Å². The third kappa shape index (κ3) is 1.88. The van der Waals surface area contributed by atoms with Crippen LogP contribution in [0.3, 0.4) is 0 Å². The van der Waals surface area contributed by atoms with Crippen LogP contribution in [0.25, 0.3) is 5.76 Å². The standard InChI is InChI=1S/C11H11NO/c1-8-4-5-10(9(2)13-3)6-11(8)7-12/h4-6H,2H2,1,3H3. The maximum absolute atomic E-state index is 8.78. The lowest BCUT2D eigenvalue weighted by atomic mass is 10.1. The maximum atomic E-state index is 8.78. The van der Waals surface area contributed by atoms with E-state index in [9.17, 15) is 0 Å². The summed E-state index contributed by atoms with van der Waals surface area (Å²) in [5.74, 6) is 0.580. The van der Waals surface area contributed by atoms with Gasteiger partial charge in [0.15, 0.2) is 0 Å². The minimum atomic E-state index is 0.580. The number of nitrogens with zero attached hydrogens (tertiary/aromatic N) is 1. The van der Waals surface area contributed by atoms with E-state index < -0.39 is 0 Å². The van der Waals surface area contributed by atoms with Gasteiger partial charge in [-0.15, -0.1) is 0 Å². The first-order valence-corrected chi connectivity index (χ1v) is 3.93. The van der Waals surface area contributed by atoms with E-state index in [2.05, 4.69) is 12.6 Å².